The summed E-state index contributed by atoms with van der Waals surface area (Å²) >= 11 is 0. The molecule has 0 radical (unpaired) electrons. The van der Waals surface area contributed by atoms with Crippen molar-refractivity contribution in [3.63, 3.8) is 0 Å². The summed E-state index contributed by atoms with van der Waals surface area (Å²) in [5, 5.41) is 12.3. The van der Waals surface area contributed by atoms with Crippen LogP contribution in [-0.4, -0.2) is 36.3 Å². The lowest BCUT2D eigenvalue weighted by atomic mass is 9.93. The predicted octanol–water partition coefficient (Wildman–Crippen LogP) is 1.20. The van der Waals surface area contributed by atoms with Gasteiger partial charge in [-0.1, -0.05) is 0 Å². The summed E-state index contributed by atoms with van der Waals surface area (Å²) in [6.07, 6.45) is 2.51. The summed E-state index contributed by atoms with van der Waals surface area (Å²) < 4.78 is 18.7. The molecule has 2 rings (SSSR count). The van der Waals surface area contributed by atoms with E-state index in [1.165, 1.54) is 18.2 Å². The van der Waals surface area contributed by atoms with E-state index < -0.39 is 5.82 Å². The Morgan fingerprint density at radius 2 is 2.10 bits per heavy atom. The van der Waals surface area contributed by atoms with Gasteiger partial charge in [-0.05, 0) is 43.9 Å². The maximum atomic E-state index is 13.4. The number of halogens is 1. The zero-order valence-electron chi connectivity index (χ0n) is 11.8. The Labute approximate surface area is 123 Å². The van der Waals surface area contributed by atoms with Crippen molar-refractivity contribution in [2.45, 2.75) is 37.8 Å². The molecule has 1 aliphatic carbocycles. The molecule has 0 saturated heterocycles. The number of hydrogen-bond acceptors (Lipinski definition) is 4. The van der Waals surface area contributed by atoms with E-state index in [9.17, 15) is 14.3 Å². The molecular formula is C15H21FN2O3. The molecule has 0 atom stereocenters. The quantitative estimate of drug-likeness (QED) is 0.762. The smallest absolute Gasteiger partial charge is 0.255 e. The summed E-state index contributed by atoms with van der Waals surface area (Å²) in [4.78, 5) is 12.3. The van der Waals surface area contributed by atoms with Gasteiger partial charge in [-0.3, -0.25) is 4.79 Å². The van der Waals surface area contributed by atoms with Crippen molar-refractivity contribution in [1.29, 1.82) is 0 Å². The number of carbonyl (C=O) groups excluding carboxylic acids is 1. The van der Waals surface area contributed by atoms with E-state index in [1.807, 2.05) is 0 Å². The lowest BCUT2D eigenvalue weighted by Gasteiger charge is -2.26. The maximum Gasteiger partial charge on any atom is 0.255 e. The minimum atomic E-state index is -0.487. The number of amides is 1. The third-order valence-electron chi connectivity index (χ3n) is 3.59. The van der Waals surface area contributed by atoms with Crippen LogP contribution >= 0.6 is 0 Å². The van der Waals surface area contributed by atoms with Gasteiger partial charge in [0.2, 0.25) is 0 Å². The first-order chi connectivity index (χ1) is 10.1. The third-order valence-corrected chi connectivity index (χ3v) is 3.59. The van der Waals surface area contributed by atoms with Crippen molar-refractivity contribution >= 4 is 5.91 Å². The van der Waals surface area contributed by atoms with Crippen LogP contribution < -0.4 is 15.8 Å². The lowest BCUT2D eigenvalue weighted by molar-refractivity contribution is 0.0863. The predicted molar refractivity (Wildman–Crippen MR) is 76.7 cm³/mol. The lowest BCUT2D eigenvalue weighted by Crippen LogP contribution is -2.38. The molecule has 0 unspecified atom stereocenters. The number of aliphatic hydroxyl groups excluding tert-OH is 1. The molecule has 0 bridgehead atoms. The number of benzene rings is 1. The monoisotopic (exact) mass is 296 g/mol. The molecule has 1 aromatic rings. The van der Waals surface area contributed by atoms with E-state index in [-0.39, 0.29) is 30.2 Å². The topological polar surface area (TPSA) is 84.6 Å². The second-order valence-corrected chi connectivity index (χ2v) is 5.26. The maximum absolute atomic E-state index is 13.4. The van der Waals surface area contributed by atoms with Gasteiger partial charge in [-0.2, -0.15) is 0 Å². The minimum absolute atomic E-state index is 0.00604. The van der Waals surface area contributed by atoms with Crippen molar-refractivity contribution < 1.29 is 19.0 Å². The van der Waals surface area contributed by atoms with Gasteiger partial charge in [0, 0.05) is 12.6 Å². The second-order valence-electron chi connectivity index (χ2n) is 5.26. The number of ether oxygens (including phenoxy) is 1. The number of nitrogens with one attached hydrogen (secondary N) is 1. The average Bonchev–Trinajstić information content (AvgIpc) is 2.48. The number of aliphatic hydroxyl groups is 1. The minimum Gasteiger partial charge on any atom is -0.491 e. The number of nitrogens with two attached hydrogens (primary N) is 1. The summed E-state index contributed by atoms with van der Waals surface area (Å²) in [5.41, 5.74) is 5.55. The van der Waals surface area contributed by atoms with E-state index in [0.29, 0.717) is 25.1 Å². The molecule has 0 aromatic heterocycles. The molecule has 0 spiro atoms. The van der Waals surface area contributed by atoms with Gasteiger partial charge in [-0.15, -0.1) is 0 Å². The van der Waals surface area contributed by atoms with E-state index >= 15 is 0 Å². The Kier molecular flexibility index (Phi) is 5.52. The highest BCUT2D eigenvalue weighted by molar-refractivity contribution is 5.97. The van der Waals surface area contributed by atoms with Crippen molar-refractivity contribution in [2.24, 2.45) is 5.73 Å². The normalized spacial score (nSPS) is 21.9. The molecule has 5 nitrogen and oxygen atoms in total. The molecule has 21 heavy (non-hydrogen) atoms. The molecule has 116 valence electrons. The highest BCUT2D eigenvalue weighted by atomic mass is 19.1. The molecule has 1 fully saturated rings. The van der Waals surface area contributed by atoms with E-state index in [4.69, 9.17) is 10.5 Å². The first-order valence-corrected chi connectivity index (χ1v) is 7.21. The standard InChI is InChI=1S/C15H21FN2O3/c16-10-1-6-14(21-8-7-17)13(9-10)15(20)18-11-2-4-12(19)5-3-11/h1,6,9,11-12,19H,2-5,7-8,17H2,(H,18,20). The van der Waals surface area contributed by atoms with Crippen LogP contribution in [0, 0.1) is 5.82 Å². The van der Waals surface area contributed by atoms with Gasteiger partial charge in [-0.25, -0.2) is 4.39 Å². The molecule has 1 amide bonds. The molecular weight excluding hydrogens is 275 g/mol. The molecule has 1 aliphatic rings. The van der Waals surface area contributed by atoms with Crippen molar-refractivity contribution in [1.82, 2.24) is 5.32 Å². The Morgan fingerprint density at radius 3 is 2.76 bits per heavy atom. The van der Waals surface area contributed by atoms with Crippen LogP contribution in [0.15, 0.2) is 18.2 Å². The van der Waals surface area contributed by atoms with Crippen LogP contribution in [0.1, 0.15) is 36.0 Å². The summed E-state index contributed by atoms with van der Waals surface area (Å²) in [5.74, 6) is -0.516. The van der Waals surface area contributed by atoms with Crippen molar-refractivity contribution in [3.05, 3.63) is 29.6 Å². The van der Waals surface area contributed by atoms with Gasteiger partial charge >= 0.3 is 0 Å². The fourth-order valence-electron chi connectivity index (χ4n) is 2.46. The molecule has 6 heteroatoms. The summed E-state index contributed by atoms with van der Waals surface area (Å²) in [6.45, 7) is 0.584. The zero-order chi connectivity index (χ0) is 15.2. The van der Waals surface area contributed by atoms with E-state index in [1.54, 1.807) is 0 Å². The Balaban J connectivity index is 2.05. The van der Waals surface area contributed by atoms with Gasteiger partial charge in [0.1, 0.15) is 18.2 Å². The highest BCUT2D eigenvalue weighted by Gasteiger charge is 2.22. The van der Waals surface area contributed by atoms with Crippen LogP contribution in [-0.2, 0) is 0 Å². The molecule has 4 N–H and O–H groups in total. The first-order valence-electron chi connectivity index (χ1n) is 7.21. The van der Waals surface area contributed by atoms with Crippen LogP contribution in [0.5, 0.6) is 5.75 Å². The van der Waals surface area contributed by atoms with Crippen LogP contribution in [0.4, 0.5) is 4.39 Å². The molecule has 1 aromatic carbocycles. The highest BCUT2D eigenvalue weighted by Crippen LogP contribution is 2.22. The third kappa shape index (κ3) is 4.41. The first kappa shape index (κ1) is 15.7. The van der Waals surface area contributed by atoms with E-state index in [2.05, 4.69) is 5.32 Å². The van der Waals surface area contributed by atoms with Gasteiger partial charge in [0.15, 0.2) is 0 Å². The Bertz CT molecular complexity index is 488. The SMILES string of the molecule is NCCOc1ccc(F)cc1C(=O)NC1CCC(O)CC1. The fraction of sp³-hybridized carbons (Fsp3) is 0.533. The zero-order valence-corrected chi connectivity index (χ0v) is 11.8. The van der Waals surface area contributed by atoms with Crippen molar-refractivity contribution in [2.75, 3.05) is 13.2 Å². The molecule has 1 saturated carbocycles. The Morgan fingerprint density at radius 1 is 1.38 bits per heavy atom. The molecule has 0 aliphatic heterocycles. The van der Waals surface area contributed by atoms with Crippen LogP contribution in [0.3, 0.4) is 0 Å². The van der Waals surface area contributed by atoms with Crippen molar-refractivity contribution in [3.8, 4) is 5.75 Å². The molecule has 0 heterocycles. The summed E-state index contributed by atoms with van der Waals surface area (Å²) in [7, 11) is 0. The van der Waals surface area contributed by atoms with Gasteiger partial charge < -0.3 is 20.9 Å². The second kappa shape index (κ2) is 7.38. The van der Waals surface area contributed by atoms with E-state index in [0.717, 1.165) is 12.8 Å². The average molecular weight is 296 g/mol. The largest absolute Gasteiger partial charge is 0.491 e. The number of rotatable bonds is 5. The van der Waals surface area contributed by atoms with Crippen LogP contribution in [0.25, 0.3) is 0 Å². The van der Waals surface area contributed by atoms with Gasteiger partial charge in [0.05, 0.1) is 11.7 Å². The Hall–Kier alpha value is -1.66. The summed E-state index contributed by atoms with van der Waals surface area (Å²) in [6, 6.07) is 3.86. The number of carbonyl (C=O) groups is 1. The fourth-order valence-corrected chi connectivity index (χ4v) is 2.46. The van der Waals surface area contributed by atoms with Gasteiger partial charge in [0.25, 0.3) is 5.91 Å². The number of hydrogen-bond donors (Lipinski definition) is 3. The van der Waals surface area contributed by atoms with Crippen LogP contribution in [0.2, 0.25) is 0 Å².